The lowest BCUT2D eigenvalue weighted by Crippen LogP contribution is -2.48. The highest BCUT2D eigenvalue weighted by Crippen LogP contribution is 2.19. The van der Waals surface area contributed by atoms with Gasteiger partial charge in [0.15, 0.2) is 0 Å². The lowest BCUT2D eigenvalue weighted by molar-refractivity contribution is -0.152. The molecule has 0 aromatic heterocycles. The Morgan fingerprint density at radius 1 is 1.27 bits per heavy atom. The van der Waals surface area contributed by atoms with Crippen LogP contribution < -0.4 is 9.46 Å². The second-order valence-corrected chi connectivity index (χ2v) is 7.76. The summed E-state index contributed by atoms with van der Waals surface area (Å²) in [6, 6.07) is 5.17. The van der Waals surface area contributed by atoms with Gasteiger partial charge in [-0.25, -0.2) is 17.9 Å². The van der Waals surface area contributed by atoms with Crippen molar-refractivity contribution in [2.45, 2.75) is 43.5 Å². The predicted molar refractivity (Wildman–Crippen MR) is 94.4 cm³/mol. The third-order valence-corrected chi connectivity index (χ3v) is 5.66. The number of hydrogen-bond acceptors (Lipinski definition) is 5. The molecule has 0 radical (unpaired) electrons. The van der Waals surface area contributed by atoms with Crippen molar-refractivity contribution < 1.29 is 27.9 Å². The SMILES string of the molecule is CCOc1ccc(S(=O)(=O)NCCC(=O)N2CCCC[C@@H]2C(=O)O)cc1. The zero-order valence-electron chi connectivity index (χ0n) is 14.7. The molecular formula is C17H24N2O6S. The van der Waals surface area contributed by atoms with Gasteiger partial charge in [-0.3, -0.25) is 4.79 Å². The molecule has 1 saturated heterocycles. The molecule has 1 fully saturated rings. The highest BCUT2D eigenvalue weighted by atomic mass is 32.2. The van der Waals surface area contributed by atoms with Gasteiger partial charge in [-0.2, -0.15) is 0 Å². The molecule has 8 nitrogen and oxygen atoms in total. The van der Waals surface area contributed by atoms with Gasteiger partial charge >= 0.3 is 5.97 Å². The Balaban J connectivity index is 1.91. The van der Waals surface area contributed by atoms with Gasteiger partial charge in [0.05, 0.1) is 11.5 Å². The van der Waals surface area contributed by atoms with E-state index in [0.717, 1.165) is 12.8 Å². The molecule has 2 N–H and O–H groups in total. The first-order valence-electron chi connectivity index (χ1n) is 8.60. The van der Waals surface area contributed by atoms with E-state index in [-0.39, 0.29) is 23.8 Å². The number of hydrogen-bond donors (Lipinski definition) is 2. The van der Waals surface area contributed by atoms with Gasteiger partial charge in [0.1, 0.15) is 11.8 Å². The Morgan fingerprint density at radius 2 is 1.96 bits per heavy atom. The Hall–Kier alpha value is -2.13. The van der Waals surface area contributed by atoms with Gasteiger partial charge in [-0.1, -0.05) is 0 Å². The van der Waals surface area contributed by atoms with E-state index in [0.29, 0.717) is 25.3 Å². The first-order valence-corrected chi connectivity index (χ1v) is 10.1. The van der Waals surface area contributed by atoms with Gasteiger partial charge in [0, 0.05) is 19.5 Å². The van der Waals surface area contributed by atoms with Crippen LogP contribution in [0.1, 0.15) is 32.6 Å². The molecule has 9 heteroatoms. The van der Waals surface area contributed by atoms with E-state index in [9.17, 15) is 23.1 Å². The highest BCUT2D eigenvalue weighted by molar-refractivity contribution is 7.89. The van der Waals surface area contributed by atoms with Gasteiger partial charge in [-0.15, -0.1) is 0 Å². The van der Waals surface area contributed by atoms with Crippen LogP contribution in [0, 0.1) is 0 Å². The molecule has 2 rings (SSSR count). The summed E-state index contributed by atoms with van der Waals surface area (Å²) < 4.78 is 32.2. The van der Waals surface area contributed by atoms with E-state index >= 15 is 0 Å². The summed E-state index contributed by atoms with van der Waals surface area (Å²) in [7, 11) is -3.74. The number of nitrogens with one attached hydrogen (secondary N) is 1. The van der Waals surface area contributed by atoms with Crippen molar-refractivity contribution in [3.8, 4) is 5.75 Å². The maximum absolute atomic E-state index is 12.3. The number of carbonyl (C=O) groups excluding carboxylic acids is 1. The number of piperidine rings is 1. The summed E-state index contributed by atoms with van der Waals surface area (Å²) in [5, 5.41) is 9.21. The van der Waals surface area contributed by atoms with E-state index in [1.165, 1.54) is 17.0 Å². The van der Waals surface area contributed by atoms with Crippen molar-refractivity contribution >= 4 is 21.9 Å². The lowest BCUT2D eigenvalue weighted by atomic mass is 10.0. The van der Waals surface area contributed by atoms with Crippen LogP contribution in [-0.2, 0) is 19.6 Å². The number of likely N-dealkylation sites (tertiary alicyclic amines) is 1. The summed E-state index contributed by atoms with van der Waals surface area (Å²) in [6.07, 6.45) is 1.87. The number of carboxylic acid groups (broad SMARTS) is 1. The van der Waals surface area contributed by atoms with Crippen molar-refractivity contribution in [2.24, 2.45) is 0 Å². The molecular weight excluding hydrogens is 360 g/mol. The van der Waals surface area contributed by atoms with Crippen molar-refractivity contribution in [3.05, 3.63) is 24.3 Å². The van der Waals surface area contributed by atoms with Crippen LogP contribution >= 0.6 is 0 Å². The maximum atomic E-state index is 12.3. The van der Waals surface area contributed by atoms with Gasteiger partial charge < -0.3 is 14.7 Å². The number of ether oxygens (including phenoxy) is 1. The van der Waals surface area contributed by atoms with E-state index in [1.54, 1.807) is 12.1 Å². The smallest absolute Gasteiger partial charge is 0.326 e. The van der Waals surface area contributed by atoms with Crippen LogP contribution in [0.2, 0.25) is 0 Å². The molecule has 0 unspecified atom stereocenters. The minimum absolute atomic E-state index is 0.0785. The number of sulfonamides is 1. The monoisotopic (exact) mass is 384 g/mol. The molecule has 1 aliphatic rings. The Bertz CT molecular complexity index is 732. The van der Waals surface area contributed by atoms with E-state index in [4.69, 9.17) is 4.74 Å². The summed E-state index contributed by atoms with van der Waals surface area (Å²) in [5.74, 6) is -0.800. The fraction of sp³-hybridized carbons (Fsp3) is 0.529. The second-order valence-electron chi connectivity index (χ2n) is 5.99. The zero-order chi connectivity index (χ0) is 19.2. The van der Waals surface area contributed by atoms with Crippen LogP contribution in [0.25, 0.3) is 0 Å². The topological polar surface area (TPSA) is 113 Å². The summed E-state index contributed by atoms with van der Waals surface area (Å²) >= 11 is 0. The number of aliphatic carboxylic acids is 1. The Kier molecular flexibility index (Phi) is 6.98. The molecule has 1 aromatic carbocycles. The average molecular weight is 384 g/mol. The van der Waals surface area contributed by atoms with Crippen molar-refractivity contribution in [2.75, 3.05) is 19.7 Å². The van der Waals surface area contributed by atoms with Crippen LogP contribution in [-0.4, -0.2) is 56.0 Å². The quantitative estimate of drug-likeness (QED) is 0.697. The van der Waals surface area contributed by atoms with E-state index < -0.39 is 22.0 Å². The molecule has 1 aromatic rings. The molecule has 26 heavy (non-hydrogen) atoms. The van der Waals surface area contributed by atoms with Crippen molar-refractivity contribution in [1.29, 1.82) is 0 Å². The Labute approximate surface area is 153 Å². The fourth-order valence-corrected chi connectivity index (χ4v) is 3.92. The molecule has 0 bridgehead atoms. The van der Waals surface area contributed by atoms with Crippen molar-refractivity contribution in [3.63, 3.8) is 0 Å². The third kappa shape index (κ3) is 5.18. The van der Waals surface area contributed by atoms with Gasteiger partial charge in [0.25, 0.3) is 0 Å². The number of benzene rings is 1. The number of amides is 1. The normalized spacial score (nSPS) is 17.7. The van der Waals surface area contributed by atoms with E-state index in [1.807, 2.05) is 6.92 Å². The van der Waals surface area contributed by atoms with Crippen molar-refractivity contribution in [1.82, 2.24) is 9.62 Å². The van der Waals surface area contributed by atoms with Crippen LogP contribution in [0.3, 0.4) is 0 Å². The highest BCUT2D eigenvalue weighted by Gasteiger charge is 2.31. The number of rotatable bonds is 8. The molecule has 0 spiro atoms. The Morgan fingerprint density at radius 3 is 2.58 bits per heavy atom. The minimum atomic E-state index is -3.74. The first kappa shape index (κ1) is 20.2. The summed E-state index contributed by atoms with van der Waals surface area (Å²) in [4.78, 5) is 24.9. The second kappa shape index (κ2) is 9.00. The number of carbonyl (C=O) groups is 2. The van der Waals surface area contributed by atoms with Crippen LogP contribution in [0.15, 0.2) is 29.2 Å². The molecule has 144 valence electrons. The molecule has 1 atom stereocenters. The molecule has 0 aliphatic carbocycles. The van der Waals surface area contributed by atoms with Crippen LogP contribution in [0.5, 0.6) is 5.75 Å². The zero-order valence-corrected chi connectivity index (χ0v) is 15.5. The average Bonchev–Trinajstić information content (AvgIpc) is 2.62. The molecule has 1 aliphatic heterocycles. The van der Waals surface area contributed by atoms with Gasteiger partial charge in [0.2, 0.25) is 15.9 Å². The van der Waals surface area contributed by atoms with Crippen LogP contribution in [0.4, 0.5) is 0 Å². The predicted octanol–water partition coefficient (Wildman–Crippen LogP) is 1.22. The largest absolute Gasteiger partial charge is 0.494 e. The lowest BCUT2D eigenvalue weighted by Gasteiger charge is -2.33. The number of carboxylic acids is 1. The minimum Gasteiger partial charge on any atom is -0.494 e. The fourth-order valence-electron chi connectivity index (χ4n) is 2.89. The summed E-state index contributed by atoms with van der Waals surface area (Å²) in [6.45, 7) is 2.62. The standard InChI is InChI=1S/C17H24N2O6S/c1-2-25-13-6-8-14(9-7-13)26(23,24)18-11-10-16(20)19-12-4-3-5-15(19)17(21)22/h6-9,15,18H,2-5,10-12H2,1H3,(H,21,22)/t15-/m1/s1. The maximum Gasteiger partial charge on any atom is 0.326 e. The number of nitrogens with zero attached hydrogens (tertiary/aromatic N) is 1. The first-order chi connectivity index (χ1) is 12.3. The van der Waals surface area contributed by atoms with E-state index in [2.05, 4.69) is 4.72 Å². The molecule has 1 heterocycles. The third-order valence-electron chi connectivity index (χ3n) is 4.18. The van der Waals surface area contributed by atoms with Gasteiger partial charge in [-0.05, 0) is 50.5 Å². The summed E-state index contributed by atoms with van der Waals surface area (Å²) in [5.41, 5.74) is 0. The molecule has 1 amide bonds. The molecule has 0 saturated carbocycles.